The van der Waals surface area contributed by atoms with E-state index in [0.717, 1.165) is 0 Å². The number of hydrogen-bond acceptors (Lipinski definition) is 4. The first-order valence-electron chi connectivity index (χ1n) is 5.75. The van der Waals surface area contributed by atoms with Crippen LogP contribution >= 0.6 is 0 Å². The maximum atomic E-state index is 11.9. The SMILES string of the molecule is O=C(NCCC(O)C(=O)O)c1coc2ccccc12. The predicted molar refractivity (Wildman–Crippen MR) is 66.8 cm³/mol. The molecule has 6 heteroatoms. The zero-order valence-electron chi connectivity index (χ0n) is 10.00. The zero-order valence-corrected chi connectivity index (χ0v) is 10.00. The van der Waals surface area contributed by atoms with Crippen LogP contribution in [-0.2, 0) is 4.79 Å². The Bertz CT molecular complexity index is 604. The maximum absolute atomic E-state index is 11.9. The predicted octanol–water partition coefficient (Wildman–Crippen LogP) is 0.998. The Kier molecular flexibility index (Phi) is 3.82. The second-order valence-corrected chi connectivity index (χ2v) is 4.04. The highest BCUT2D eigenvalue weighted by Crippen LogP contribution is 2.20. The van der Waals surface area contributed by atoms with E-state index in [1.165, 1.54) is 6.26 Å². The van der Waals surface area contributed by atoms with Gasteiger partial charge in [0.15, 0.2) is 6.10 Å². The van der Waals surface area contributed by atoms with Crippen molar-refractivity contribution in [1.29, 1.82) is 0 Å². The van der Waals surface area contributed by atoms with Crippen molar-refractivity contribution in [3.05, 3.63) is 36.1 Å². The largest absolute Gasteiger partial charge is 0.479 e. The Labute approximate surface area is 108 Å². The minimum Gasteiger partial charge on any atom is -0.479 e. The number of nitrogens with one attached hydrogen (secondary N) is 1. The maximum Gasteiger partial charge on any atom is 0.332 e. The minimum atomic E-state index is -1.47. The molecule has 0 aliphatic carbocycles. The molecule has 3 N–H and O–H groups in total. The second-order valence-electron chi connectivity index (χ2n) is 4.04. The minimum absolute atomic E-state index is 0.0448. The number of aliphatic hydroxyl groups excluding tert-OH is 1. The van der Waals surface area contributed by atoms with Crippen molar-refractivity contribution in [2.24, 2.45) is 0 Å². The van der Waals surface area contributed by atoms with Gasteiger partial charge in [-0.3, -0.25) is 4.79 Å². The van der Waals surface area contributed by atoms with Crippen LogP contribution in [0.15, 0.2) is 34.9 Å². The van der Waals surface area contributed by atoms with Crippen LogP contribution in [0.5, 0.6) is 0 Å². The molecular weight excluding hydrogens is 250 g/mol. The van der Waals surface area contributed by atoms with Crippen molar-refractivity contribution in [2.45, 2.75) is 12.5 Å². The molecule has 2 aromatic rings. The molecule has 19 heavy (non-hydrogen) atoms. The molecule has 0 fully saturated rings. The van der Waals surface area contributed by atoms with E-state index in [0.29, 0.717) is 16.5 Å². The molecule has 0 saturated heterocycles. The van der Waals surface area contributed by atoms with Crippen LogP contribution < -0.4 is 5.32 Å². The van der Waals surface area contributed by atoms with Gasteiger partial charge in [0.2, 0.25) is 0 Å². The molecule has 1 amide bonds. The van der Waals surface area contributed by atoms with Crippen LogP contribution in [-0.4, -0.2) is 34.7 Å². The average molecular weight is 263 g/mol. The summed E-state index contributed by atoms with van der Waals surface area (Å²) in [6.07, 6.45) is -0.161. The van der Waals surface area contributed by atoms with E-state index in [1.54, 1.807) is 24.3 Å². The van der Waals surface area contributed by atoms with Crippen molar-refractivity contribution in [3.8, 4) is 0 Å². The number of carbonyl (C=O) groups is 2. The van der Waals surface area contributed by atoms with Gasteiger partial charge in [-0.1, -0.05) is 18.2 Å². The summed E-state index contributed by atoms with van der Waals surface area (Å²) in [4.78, 5) is 22.3. The van der Waals surface area contributed by atoms with Gasteiger partial charge in [-0.2, -0.15) is 0 Å². The lowest BCUT2D eigenvalue weighted by atomic mass is 10.1. The van der Waals surface area contributed by atoms with Gasteiger partial charge in [0.05, 0.1) is 5.56 Å². The first-order chi connectivity index (χ1) is 9.09. The van der Waals surface area contributed by atoms with E-state index in [9.17, 15) is 9.59 Å². The van der Waals surface area contributed by atoms with Crippen molar-refractivity contribution < 1.29 is 24.2 Å². The number of hydrogen-bond donors (Lipinski definition) is 3. The Morgan fingerprint density at radius 1 is 1.32 bits per heavy atom. The van der Waals surface area contributed by atoms with E-state index in [1.807, 2.05) is 0 Å². The molecule has 1 aromatic heterocycles. The first kappa shape index (κ1) is 13.1. The van der Waals surface area contributed by atoms with Crippen LogP contribution in [0.4, 0.5) is 0 Å². The standard InChI is InChI=1S/C13H13NO5/c15-10(13(17)18)5-6-14-12(16)9-7-19-11-4-2-1-3-8(9)11/h1-4,7,10,15H,5-6H2,(H,14,16)(H,17,18). The van der Waals surface area contributed by atoms with E-state index in [4.69, 9.17) is 14.6 Å². The molecule has 0 aliphatic rings. The molecule has 1 aromatic carbocycles. The normalized spacial score (nSPS) is 12.3. The highest BCUT2D eigenvalue weighted by molar-refractivity contribution is 6.05. The van der Waals surface area contributed by atoms with Crippen LogP contribution in [0.25, 0.3) is 11.0 Å². The molecule has 100 valence electrons. The van der Waals surface area contributed by atoms with Gasteiger partial charge >= 0.3 is 5.97 Å². The van der Waals surface area contributed by atoms with Gasteiger partial charge in [-0.05, 0) is 6.07 Å². The Balaban J connectivity index is 1.99. The van der Waals surface area contributed by atoms with Gasteiger partial charge in [0, 0.05) is 18.4 Å². The first-order valence-corrected chi connectivity index (χ1v) is 5.75. The number of furan rings is 1. The number of aliphatic carboxylic acids is 1. The topological polar surface area (TPSA) is 99.8 Å². The highest BCUT2D eigenvalue weighted by Gasteiger charge is 2.15. The zero-order chi connectivity index (χ0) is 13.8. The Morgan fingerprint density at radius 3 is 2.79 bits per heavy atom. The summed E-state index contributed by atoms with van der Waals surface area (Å²) in [7, 11) is 0. The molecule has 0 aliphatic heterocycles. The number of carbonyl (C=O) groups excluding carboxylic acids is 1. The summed E-state index contributed by atoms with van der Waals surface area (Å²) < 4.78 is 5.23. The molecule has 0 spiro atoms. The van der Waals surface area contributed by atoms with Crippen molar-refractivity contribution >= 4 is 22.8 Å². The fourth-order valence-electron chi connectivity index (χ4n) is 1.69. The number of benzene rings is 1. The van der Waals surface area contributed by atoms with E-state index in [2.05, 4.69) is 5.32 Å². The van der Waals surface area contributed by atoms with Crippen LogP contribution in [0, 0.1) is 0 Å². The molecule has 0 saturated carbocycles. The Morgan fingerprint density at radius 2 is 2.05 bits per heavy atom. The third kappa shape index (κ3) is 2.92. The molecule has 6 nitrogen and oxygen atoms in total. The lowest BCUT2D eigenvalue weighted by molar-refractivity contribution is -0.146. The molecule has 1 heterocycles. The Hall–Kier alpha value is -2.34. The van der Waals surface area contributed by atoms with Gasteiger partial charge in [0.25, 0.3) is 5.91 Å². The number of rotatable bonds is 5. The quantitative estimate of drug-likeness (QED) is 0.747. The third-order valence-electron chi connectivity index (χ3n) is 2.71. The van der Waals surface area contributed by atoms with Crippen molar-refractivity contribution in [1.82, 2.24) is 5.32 Å². The van der Waals surface area contributed by atoms with Crippen molar-refractivity contribution in [2.75, 3.05) is 6.54 Å². The second kappa shape index (κ2) is 5.53. The summed E-state index contributed by atoms with van der Waals surface area (Å²) in [6.45, 7) is 0.0752. The van der Waals surface area contributed by atoms with Crippen LogP contribution in [0.3, 0.4) is 0 Å². The van der Waals surface area contributed by atoms with Gasteiger partial charge in [-0.25, -0.2) is 4.79 Å². The molecule has 0 bridgehead atoms. The number of para-hydroxylation sites is 1. The average Bonchev–Trinajstić information content (AvgIpc) is 2.82. The van der Waals surface area contributed by atoms with Crippen LogP contribution in [0.2, 0.25) is 0 Å². The smallest absolute Gasteiger partial charge is 0.332 e. The van der Waals surface area contributed by atoms with Gasteiger partial charge < -0.3 is 19.9 Å². The molecular formula is C13H13NO5. The molecule has 1 atom stereocenters. The van der Waals surface area contributed by atoms with E-state index >= 15 is 0 Å². The number of fused-ring (bicyclic) bond motifs is 1. The fraction of sp³-hybridized carbons (Fsp3) is 0.231. The van der Waals surface area contributed by atoms with E-state index in [-0.39, 0.29) is 18.9 Å². The van der Waals surface area contributed by atoms with Crippen molar-refractivity contribution in [3.63, 3.8) is 0 Å². The summed E-state index contributed by atoms with van der Waals surface area (Å²) in [5.41, 5.74) is 0.999. The summed E-state index contributed by atoms with van der Waals surface area (Å²) in [5, 5.41) is 20.8. The third-order valence-corrected chi connectivity index (χ3v) is 2.71. The monoisotopic (exact) mass is 263 g/mol. The van der Waals surface area contributed by atoms with Gasteiger partial charge in [-0.15, -0.1) is 0 Å². The molecule has 1 unspecified atom stereocenters. The molecule has 0 radical (unpaired) electrons. The summed E-state index contributed by atoms with van der Waals surface area (Å²) in [6, 6.07) is 7.11. The fourth-order valence-corrected chi connectivity index (χ4v) is 1.69. The number of aliphatic hydroxyl groups is 1. The molecule has 2 rings (SSSR count). The number of carboxylic acids is 1. The van der Waals surface area contributed by atoms with Gasteiger partial charge in [0.1, 0.15) is 11.8 Å². The number of carboxylic acid groups (broad SMARTS) is 1. The lowest BCUT2D eigenvalue weighted by Gasteiger charge is -2.06. The summed E-state index contributed by atoms with van der Waals surface area (Å²) in [5.74, 6) is -1.66. The lowest BCUT2D eigenvalue weighted by Crippen LogP contribution is -2.29. The number of amides is 1. The summed E-state index contributed by atoms with van der Waals surface area (Å²) >= 11 is 0. The highest BCUT2D eigenvalue weighted by atomic mass is 16.4. The van der Waals surface area contributed by atoms with Crippen LogP contribution in [0.1, 0.15) is 16.8 Å². The van der Waals surface area contributed by atoms with E-state index < -0.39 is 12.1 Å².